The van der Waals surface area contributed by atoms with Gasteiger partial charge in [0.2, 0.25) is 11.6 Å². The number of benzene rings is 1. The molecule has 0 aliphatic rings. The van der Waals surface area contributed by atoms with E-state index in [1.54, 1.807) is 0 Å². The number of nitrogens with zero attached hydrogens (tertiary/aromatic N) is 1. The quantitative estimate of drug-likeness (QED) is 0.589. The molecule has 31 heavy (non-hydrogen) atoms. The van der Waals surface area contributed by atoms with Crippen molar-refractivity contribution in [3.63, 3.8) is 0 Å². The first-order chi connectivity index (χ1) is 14.7. The van der Waals surface area contributed by atoms with Crippen molar-refractivity contribution >= 4 is 17.6 Å². The van der Waals surface area contributed by atoms with Gasteiger partial charge in [-0.25, -0.2) is 9.78 Å². The second-order valence-corrected chi connectivity index (χ2v) is 5.83. The number of rotatable bonds is 9. The first-order valence-corrected chi connectivity index (χ1v) is 8.59. The van der Waals surface area contributed by atoms with Crippen LogP contribution in [0.2, 0.25) is 0 Å². The summed E-state index contributed by atoms with van der Waals surface area (Å²) >= 11 is 0. The maximum absolute atomic E-state index is 12.1. The number of nitrogens with one attached hydrogen (secondary N) is 1. The monoisotopic (exact) mass is 444 g/mol. The lowest BCUT2D eigenvalue weighted by atomic mass is 10.2. The highest BCUT2D eigenvalue weighted by atomic mass is 19.4. The number of anilines is 1. The number of carbonyl (C=O) groups excluding carboxylic acids is 2. The van der Waals surface area contributed by atoms with Crippen molar-refractivity contribution < 1.29 is 46.4 Å². The van der Waals surface area contributed by atoms with Gasteiger partial charge in [0.05, 0.1) is 26.9 Å². The number of methoxy groups -OCH3 is 3. The molecule has 0 aliphatic heterocycles. The fourth-order valence-corrected chi connectivity index (χ4v) is 2.31. The Labute approximate surface area is 175 Å². The minimum absolute atomic E-state index is 0.0695. The van der Waals surface area contributed by atoms with Crippen molar-refractivity contribution in [1.29, 1.82) is 0 Å². The first kappa shape index (κ1) is 23.6. The highest BCUT2D eigenvalue weighted by Crippen LogP contribution is 2.39. The van der Waals surface area contributed by atoms with Crippen molar-refractivity contribution in [3.8, 4) is 23.1 Å². The molecule has 1 heterocycles. The van der Waals surface area contributed by atoms with Crippen LogP contribution in [0, 0.1) is 0 Å². The Kier molecular flexibility index (Phi) is 7.88. The number of ether oxygens (including phenoxy) is 5. The van der Waals surface area contributed by atoms with Crippen molar-refractivity contribution in [2.75, 3.05) is 39.9 Å². The van der Waals surface area contributed by atoms with Gasteiger partial charge in [-0.2, -0.15) is 13.2 Å². The summed E-state index contributed by atoms with van der Waals surface area (Å²) in [5, 5.41) is 2.52. The van der Waals surface area contributed by atoms with E-state index in [0.29, 0.717) is 22.9 Å². The Morgan fingerprint density at radius 1 is 1.03 bits per heavy atom. The molecule has 0 bridgehead atoms. The summed E-state index contributed by atoms with van der Waals surface area (Å²) in [5.74, 6) is -0.893. The summed E-state index contributed by atoms with van der Waals surface area (Å²) < 4.78 is 61.2. The molecule has 1 aromatic carbocycles. The van der Waals surface area contributed by atoms with Gasteiger partial charge in [-0.1, -0.05) is 0 Å². The van der Waals surface area contributed by atoms with Crippen LogP contribution in [-0.4, -0.2) is 57.6 Å². The van der Waals surface area contributed by atoms with Crippen LogP contribution in [0.4, 0.5) is 18.9 Å². The smallest absolute Gasteiger partial charge is 0.422 e. The van der Waals surface area contributed by atoms with E-state index in [1.807, 2.05) is 0 Å². The van der Waals surface area contributed by atoms with Crippen molar-refractivity contribution in [2.45, 2.75) is 6.18 Å². The minimum atomic E-state index is -4.51. The van der Waals surface area contributed by atoms with Gasteiger partial charge in [0, 0.05) is 30.1 Å². The molecule has 0 fully saturated rings. The predicted molar refractivity (Wildman–Crippen MR) is 101 cm³/mol. The van der Waals surface area contributed by atoms with E-state index in [4.69, 9.17) is 18.9 Å². The molecule has 0 saturated heterocycles. The van der Waals surface area contributed by atoms with Crippen LogP contribution in [0.1, 0.15) is 10.4 Å². The van der Waals surface area contributed by atoms with E-state index in [1.165, 1.54) is 33.5 Å². The summed E-state index contributed by atoms with van der Waals surface area (Å²) in [5.41, 5.74) is 0.239. The molecule has 0 spiro atoms. The molecule has 1 amide bonds. The SMILES string of the molecule is COc1cc(NC(=O)COC(=O)c2ccc(OCC(F)(F)F)nc2)cc(OC)c1OC. The van der Waals surface area contributed by atoms with Crippen molar-refractivity contribution in [3.05, 3.63) is 36.0 Å². The third-order valence-corrected chi connectivity index (χ3v) is 3.64. The molecule has 0 atom stereocenters. The summed E-state index contributed by atoms with van der Waals surface area (Å²) in [6.07, 6.45) is -3.53. The van der Waals surface area contributed by atoms with Crippen LogP contribution in [-0.2, 0) is 9.53 Å². The molecule has 0 saturated carbocycles. The van der Waals surface area contributed by atoms with E-state index < -0.39 is 31.3 Å². The van der Waals surface area contributed by atoms with E-state index in [-0.39, 0.29) is 11.4 Å². The molecular weight excluding hydrogens is 425 g/mol. The molecule has 0 unspecified atom stereocenters. The molecule has 2 rings (SSSR count). The number of pyridine rings is 1. The Bertz CT molecular complexity index is 893. The Hall–Kier alpha value is -3.70. The number of hydrogen-bond acceptors (Lipinski definition) is 8. The summed E-state index contributed by atoms with van der Waals surface area (Å²) in [7, 11) is 4.26. The van der Waals surface area contributed by atoms with Crippen LogP contribution in [0.5, 0.6) is 23.1 Å². The van der Waals surface area contributed by atoms with Gasteiger partial charge in [0.25, 0.3) is 5.91 Å². The molecule has 0 radical (unpaired) electrons. The zero-order chi connectivity index (χ0) is 23.0. The molecule has 9 nitrogen and oxygen atoms in total. The van der Waals surface area contributed by atoms with Gasteiger partial charge in [0.1, 0.15) is 0 Å². The van der Waals surface area contributed by atoms with Crippen LogP contribution in [0.3, 0.4) is 0 Å². The molecule has 168 valence electrons. The average Bonchev–Trinajstić information content (AvgIpc) is 2.75. The Morgan fingerprint density at radius 2 is 1.68 bits per heavy atom. The second-order valence-electron chi connectivity index (χ2n) is 5.83. The van der Waals surface area contributed by atoms with Crippen LogP contribution in [0.15, 0.2) is 30.5 Å². The maximum Gasteiger partial charge on any atom is 0.422 e. The first-order valence-electron chi connectivity index (χ1n) is 8.59. The van der Waals surface area contributed by atoms with E-state index >= 15 is 0 Å². The standard InChI is InChI=1S/C19H19F3N2O7/c1-27-13-6-12(7-14(28-2)17(13)29-3)24-15(25)9-30-18(26)11-4-5-16(23-8-11)31-10-19(20,21)22/h4-8H,9-10H2,1-3H3,(H,24,25). The summed E-state index contributed by atoms with van der Waals surface area (Å²) in [6, 6.07) is 5.23. The highest BCUT2D eigenvalue weighted by molar-refractivity contribution is 5.95. The van der Waals surface area contributed by atoms with Gasteiger partial charge in [-0.3, -0.25) is 4.79 Å². The Morgan fingerprint density at radius 3 is 2.16 bits per heavy atom. The number of aromatic nitrogens is 1. The Balaban J connectivity index is 1.93. The third-order valence-electron chi connectivity index (χ3n) is 3.64. The van der Waals surface area contributed by atoms with Gasteiger partial charge < -0.3 is 29.0 Å². The number of esters is 1. The fraction of sp³-hybridized carbons (Fsp3) is 0.316. The topological polar surface area (TPSA) is 105 Å². The lowest BCUT2D eigenvalue weighted by Gasteiger charge is -2.14. The van der Waals surface area contributed by atoms with Crippen LogP contribution in [0.25, 0.3) is 0 Å². The normalized spacial score (nSPS) is 10.8. The zero-order valence-corrected chi connectivity index (χ0v) is 16.7. The second kappa shape index (κ2) is 10.4. The molecular formula is C19H19F3N2O7. The van der Waals surface area contributed by atoms with Gasteiger partial charge in [0.15, 0.2) is 24.7 Å². The number of amides is 1. The third kappa shape index (κ3) is 6.94. The summed E-state index contributed by atoms with van der Waals surface area (Å²) in [6.45, 7) is -2.13. The lowest BCUT2D eigenvalue weighted by Crippen LogP contribution is -2.21. The molecule has 1 N–H and O–H groups in total. The highest BCUT2D eigenvalue weighted by Gasteiger charge is 2.28. The number of halogens is 3. The van der Waals surface area contributed by atoms with E-state index in [0.717, 1.165) is 18.3 Å². The zero-order valence-electron chi connectivity index (χ0n) is 16.7. The van der Waals surface area contributed by atoms with Gasteiger partial charge in [-0.15, -0.1) is 0 Å². The van der Waals surface area contributed by atoms with Crippen LogP contribution >= 0.6 is 0 Å². The lowest BCUT2D eigenvalue weighted by molar-refractivity contribution is -0.154. The molecule has 2 aromatic rings. The van der Waals surface area contributed by atoms with Crippen molar-refractivity contribution in [2.24, 2.45) is 0 Å². The fourth-order valence-electron chi connectivity index (χ4n) is 2.31. The largest absolute Gasteiger partial charge is 0.493 e. The van der Waals surface area contributed by atoms with Gasteiger partial charge in [-0.05, 0) is 6.07 Å². The molecule has 0 aliphatic carbocycles. The van der Waals surface area contributed by atoms with E-state index in [2.05, 4.69) is 15.0 Å². The van der Waals surface area contributed by atoms with Crippen molar-refractivity contribution in [1.82, 2.24) is 4.98 Å². The average molecular weight is 444 g/mol. The predicted octanol–water partition coefficient (Wildman–Crippen LogP) is 2.84. The molecule has 12 heteroatoms. The van der Waals surface area contributed by atoms with Crippen LogP contribution < -0.4 is 24.3 Å². The number of carbonyl (C=O) groups is 2. The van der Waals surface area contributed by atoms with Gasteiger partial charge >= 0.3 is 12.1 Å². The number of alkyl halides is 3. The number of hydrogen-bond donors (Lipinski definition) is 1. The maximum atomic E-state index is 12.1. The summed E-state index contributed by atoms with van der Waals surface area (Å²) in [4.78, 5) is 27.7. The molecule has 1 aromatic heterocycles. The van der Waals surface area contributed by atoms with E-state index in [9.17, 15) is 22.8 Å². The minimum Gasteiger partial charge on any atom is -0.493 e.